The van der Waals surface area contributed by atoms with Gasteiger partial charge in [0, 0.05) is 11.2 Å². The number of aromatic amines is 1. The number of pyridine rings is 1. The van der Waals surface area contributed by atoms with Gasteiger partial charge in [-0.2, -0.15) is 10.1 Å². The van der Waals surface area contributed by atoms with Crippen LogP contribution in [-0.4, -0.2) is 21.2 Å². The Hall–Kier alpha value is -3.51. The fraction of sp³-hybridized carbons (Fsp3) is 0.0476. The number of hydrogen-bond acceptors (Lipinski definition) is 5. The fourth-order valence-electron chi connectivity index (χ4n) is 2.81. The molecule has 2 heterocycles. The van der Waals surface area contributed by atoms with Crippen LogP contribution < -0.4 is 11.0 Å². The first-order chi connectivity index (χ1) is 13.6. The van der Waals surface area contributed by atoms with Crippen molar-refractivity contribution in [3.05, 3.63) is 87.3 Å². The fourth-order valence-corrected chi connectivity index (χ4v) is 2.93. The first-order valence-electron chi connectivity index (χ1n) is 8.61. The number of halogens is 1. The minimum absolute atomic E-state index is 0.219. The molecule has 2 N–H and O–H groups in total. The second-order valence-electron chi connectivity index (χ2n) is 6.26. The summed E-state index contributed by atoms with van der Waals surface area (Å²) in [6.45, 7) is 2.02. The largest absolute Gasteiger partial charge is 0.291 e. The molecule has 0 bridgehead atoms. The first kappa shape index (κ1) is 17.9. The Kier molecular flexibility index (Phi) is 4.87. The molecule has 0 aliphatic rings. The number of anilines is 1. The topological polar surface area (TPSA) is 83.0 Å². The molecular weight excluding hydrogens is 374 g/mol. The second-order valence-corrected chi connectivity index (χ2v) is 6.70. The molecule has 28 heavy (non-hydrogen) atoms. The molecule has 0 atom stereocenters. The van der Waals surface area contributed by atoms with Crippen molar-refractivity contribution in [2.24, 2.45) is 5.10 Å². The molecule has 0 aliphatic heterocycles. The molecule has 0 saturated carbocycles. The number of rotatable bonds is 4. The van der Waals surface area contributed by atoms with E-state index in [1.54, 1.807) is 24.5 Å². The molecular formula is C21H16ClN5O. The molecule has 0 radical (unpaired) electrons. The monoisotopic (exact) mass is 389 g/mol. The molecule has 0 fully saturated rings. The average molecular weight is 390 g/mol. The molecule has 7 heteroatoms. The van der Waals surface area contributed by atoms with Gasteiger partial charge in [-0.1, -0.05) is 53.6 Å². The highest BCUT2D eigenvalue weighted by Gasteiger charge is 2.11. The Balaban J connectivity index is 1.66. The predicted octanol–water partition coefficient (Wildman–Crippen LogP) is 4.39. The molecule has 0 aliphatic carbocycles. The number of aryl methyl sites for hydroxylation is 1. The lowest BCUT2D eigenvalue weighted by Gasteiger charge is -2.07. The predicted molar refractivity (Wildman–Crippen MR) is 113 cm³/mol. The summed E-state index contributed by atoms with van der Waals surface area (Å²) >= 11 is 5.86. The maximum atomic E-state index is 12.7. The smallest absolute Gasteiger partial charge is 0.262 e. The summed E-state index contributed by atoms with van der Waals surface area (Å²) in [7, 11) is 0. The van der Waals surface area contributed by atoms with Gasteiger partial charge in [-0.05, 0) is 41.8 Å². The van der Waals surface area contributed by atoms with Crippen molar-refractivity contribution in [1.29, 1.82) is 0 Å². The van der Waals surface area contributed by atoms with Gasteiger partial charge in [0.05, 0.1) is 11.6 Å². The van der Waals surface area contributed by atoms with Gasteiger partial charge in [0.25, 0.3) is 5.56 Å². The van der Waals surface area contributed by atoms with Crippen molar-refractivity contribution < 1.29 is 0 Å². The third kappa shape index (κ3) is 3.77. The zero-order chi connectivity index (χ0) is 19.5. The Bertz CT molecular complexity index is 1210. The van der Waals surface area contributed by atoms with Crippen LogP contribution in [0.15, 0.2) is 70.7 Å². The van der Waals surface area contributed by atoms with Crippen molar-refractivity contribution in [3.63, 3.8) is 0 Å². The zero-order valence-corrected chi connectivity index (χ0v) is 15.7. The van der Waals surface area contributed by atoms with Crippen molar-refractivity contribution in [3.8, 4) is 11.1 Å². The average Bonchev–Trinajstić information content (AvgIpc) is 2.70. The highest BCUT2D eigenvalue weighted by molar-refractivity contribution is 6.30. The van der Waals surface area contributed by atoms with Crippen molar-refractivity contribution in [2.75, 3.05) is 5.43 Å². The van der Waals surface area contributed by atoms with Crippen LogP contribution in [0, 0.1) is 6.92 Å². The molecule has 0 saturated heterocycles. The van der Waals surface area contributed by atoms with E-state index in [0.29, 0.717) is 16.1 Å². The number of benzene rings is 2. The molecule has 2 aromatic heterocycles. The SMILES string of the molecule is Cc1ccc(-c2ccnc3nc(N/N=C/c4ccc(Cl)cc4)[nH]c(=O)c23)cc1. The Morgan fingerprint density at radius 1 is 1.07 bits per heavy atom. The number of hydrogen-bond donors (Lipinski definition) is 2. The van der Waals surface area contributed by atoms with Crippen molar-refractivity contribution >= 4 is 34.8 Å². The first-order valence-corrected chi connectivity index (χ1v) is 8.99. The van der Waals surface area contributed by atoms with E-state index in [2.05, 4.69) is 25.5 Å². The molecule has 0 spiro atoms. The highest BCUT2D eigenvalue weighted by Crippen LogP contribution is 2.24. The lowest BCUT2D eigenvalue weighted by atomic mass is 10.0. The summed E-state index contributed by atoms with van der Waals surface area (Å²) in [5.41, 5.74) is 6.55. The number of hydrazone groups is 1. The molecule has 4 rings (SSSR count). The van der Waals surface area contributed by atoms with Crippen molar-refractivity contribution in [2.45, 2.75) is 6.92 Å². The number of aromatic nitrogens is 3. The van der Waals surface area contributed by atoms with Gasteiger partial charge in [-0.25, -0.2) is 10.4 Å². The van der Waals surface area contributed by atoms with Crippen LogP contribution in [-0.2, 0) is 0 Å². The van der Waals surface area contributed by atoms with Crippen LogP contribution in [0.1, 0.15) is 11.1 Å². The Morgan fingerprint density at radius 2 is 1.82 bits per heavy atom. The Morgan fingerprint density at radius 3 is 2.57 bits per heavy atom. The van der Waals surface area contributed by atoms with E-state index in [9.17, 15) is 4.79 Å². The van der Waals surface area contributed by atoms with Gasteiger partial charge in [0.15, 0.2) is 5.65 Å². The van der Waals surface area contributed by atoms with Gasteiger partial charge >= 0.3 is 0 Å². The van der Waals surface area contributed by atoms with Gasteiger partial charge in [-0.3, -0.25) is 9.78 Å². The summed E-state index contributed by atoms with van der Waals surface area (Å²) in [5, 5.41) is 5.20. The lowest BCUT2D eigenvalue weighted by Crippen LogP contribution is -2.13. The quantitative estimate of drug-likeness (QED) is 0.400. The summed E-state index contributed by atoms with van der Waals surface area (Å²) < 4.78 is 0. The van der Waals surface area contributed by atoms with E-state index < -0.39 is 0 Å². The van der Waals surface area contributed by atoms with Gasteiger partial charge < -0.3 is 0 Å². The maximum Gasteiger partial charge on any atom is 0.262 e. The number of fused-ring (bicyclic) bond motifs is 1. The molecule has 138 valence electrons. The molecule has 0 unspecified atom stereocenters. The van der Waals surface area contributed by atoms with Crippen LogP contribution in [0.2, 0.25) is 5.02 Å². The van der Waals surface area contributed by atoms with E-state index in [4.69, 9.17) is 11.6 Å². The third-order valence-electron chi connectivity index (χ3n) is 4.22. The van der Waals surface area contributed by atoms with Gasteiger partial charge in [0.2, 0.25) is 5.95 Å². The van der Waals surface area contributed by atoms with Crippen LogP contribution in [0.4, 0.5) is 5.95 Å². The zero-order valence-electron chi connectivity index (χ0n) is 15.0. The van der Waals surface area contributed by atoms with Crippen LogP contribution in [0.3, 0.4) is 0 Å². The second kappa shape index (κ2) is 7.62. The Labute approximate surface area is 165 Å². The highest BCUT2D eigenvalue weighted by atomic mass is 35.5. The van der Waals surface area contributed by atoms with Crippen molar-refractivity contribution in [1.82, 2.24) is 15.0 Å². The van der Waals surface area contributed by atoms with E-state index >= 15 is 0 Å². The van der Waals surface area contributed by atoms with E-state index in [1.807, 2.05) is 49.4 Å². The summed E-state index contributed by atoms with van der Waals surface area (Å²) in [4.78, 5) is 24.0. The van der Waals surface area contributed by atoms with Crippen LogP contribution >= 0.6 is 11.6 Å². The lowest BCUT2D eigenvalue weighted by molar-refractivity contribution is 1.10. The molecule has 6 nitrogen and oxygen atoms in total. The van der Waals surface area contributed by atoms with E-state index in [1.165, 1.54) is 0 Å². The number of nitrogens with zero attached hydrogens (tertiary/aromatic N) is 3. The van der Waals surface area contributed by atoms with Gasteiger partial charge in [-0.15, -0.1) is 0 Å². The maximum absolute atomic E-state index is 12.7. The van der Waals surface area contributed by atoms with Crippen LogP contribution in [0.25, 0.3) is 22.2 Å². The molecule has 0 amide bonds. The molecule has 2 aromatic carbocycles. The van der Waals surface area contributed by atoms with E-state index in [0.717, 1.165) is 22.3 Å². The number of nitrogens with one attached hydrogen (secondary N) is 2. The molecule has 4 aromatic rings. The summed E-state index contributed by atoms with van der Waals surface area (Å²) in [5.74, 6) is 0.219. The third-order valence-corrected chi connectivity index (χ3v) is 4.48. The van der Waals surface area contributed by atoms with Crippen LogP contribution in [0.5, 0.6) is 0 Å². The summed E-state index contributed by atoms with van der Waals surface area (Å²) in [6, 6.07) is 17.0. The van der Waals surface area contributed by atoms with Gasteiger partial charge in [0.1, 0.15) is 0 Å². The number of H-pyrrole nitrogens is 1. The minimum atomic E-state index is -0.280. The summed E-state index contributed by atoms with van der Waals surface area (Å²) in [6.07, 6.45) is 3.25. The minimum Gasteiger partial charge on any atom is -0.291 e. The normalized spacial score (nSPS) is 11.2. The van der Waals surface area contributed by atoms with E-state index in [-0.39, 0.29) is 11.5 Å². The standard InChI is InChI=1S/C21H16ClN5O/c1-13-2-6-15(7-3-13)17-10-11-23-19-18(17)20(28)26-21(25-19)27-24-12-14-4-8-16(22)9-5-14/h2-12H,1H3,(H2,23,25,26,27,28)/b24-12+.